The highest BCUT2D eigenvalue weighted by atomic mass is 19.1. The fourth-order valence-electron chi connectivity index (χ4n) is 2.17. The second kappa shape index (κ2) is 8.39. The van der Waals surface area contributed by atoms with E-state index in [1.807, 2.05) is 18.2 Å². The Morgan fingerprint density at radius 2 is 1.82 bits per heavy atom. The molecule has 0 aliphatic heterocycles. The van der Waals surface area contributed by atoms with Crippen LogP contribution in [0.1, 0.15) is 24.5 Å². The predicted octanol–water partition coefficient (Wildman–Crippen LogP) is 3.91. The summed E-state index contributed by atoms with van der Waals surface area (Å²) in [6, 6.07) is 12.4. The van der Waals surface area contributed by atoms with E-state index in [0.29, 0.717) is 19.7 Å². The van der Waals surface area contributed by atoms with Crippen LogP contribution in [0, 0.1) is 5.82 Å². The fourth-order valence-corrected chi connectivity index (χ4v) is 2.17. The standard InChI is InChI=1S/C18H22FNO2/c1-3-11-22-18-15(5-4-6-17(18)21-2)13-20-12-14-7-9-16(19)10-8-14/h4-10,20H,3,11-13H2,1-2H3. The summed E-state index contributed by atoms with van der Waals surface area (Å²) < 4.78 is 24.1. The van der Waals surface area contributed by atoms with Crippen LogP contribution in [0.25, 0.3) is 0 Å². The summed E-state index contributed by atoms with van der Waals surface area (Å²) >= 11 is 0. The summed E-state index contributed by atoms with van der Waals surface area (Å²) in [6.07, 6.45) is 0.945. The minimum Gasteiger partial charge on any atom is -0.493 e. The van der Waals surface area contributed by atoms with Crippen molar-refractivity contribution in [2.75, 3.05) is 13.7 Å². The summed E-state index contributed by atoms with van der Waals surface area (Å²) in [5.41, 5.74) is 2.09. The van der Waals surface area contributed by atoms with Crippen molar-refractivity contribution in [3.8, 4) is 11.5 Å². The van der Waals surface area contributed by atoms with Gasteiger partial charge >= 0.3 is 0 Å². The van der Waals surface area contributed by atoms with Gasteiger partial charge in [-0.1, -0.05) is 31.2 Å². The second-order valence-corrected chi connectivity index (χ2v) is 5.03. The van der Waals surface area contributed by atoms with Gasteiger partial charge in [-0.15, -0.1) is 0 Å². The van der Waals surface area contributed by atoms with E-state index in [1.54, 1.807) is 19.2 Å². The van der Waals surface area contributed by atoms with Crippen LogP contribution in [0.15, 0.2) is 42.5 Å². The zero-order valence-corrected chi connectivity index (χ0v) is 13.1. The van der Waals surface area contributed by atoms with Crippen LogP contribution in [0.3, 0.4) is 0 Å². The molecule has 0 aliphatic carbocycles. The minimum atomic E-state index is -0.216. The summed E-state index contributed by atoms with van der Waals surface area (Å²) in [6.45, 7) is 4.06. The molecular formula is C18H22FNO2. The molecule has 4 heteroatoms. The van der Waals surface area contributed by atoms with Gasteiger partial charge in [0.15, 0.2) is 11.5 Å². The average Bonchev–Trinajstić information content (AvgIpc) is 2.55. The molecular weight excluding hydrogens is 281 g/mol. The molecule has 0 amide bonds. The molecule has 0 heterocycles. The Kier molecular flexibility index (Phi) is 6.22. The summed E-state index contributed by atoms with van der Waals surface area (Å²) in [5, 5.41) is 3.35. The molecule has 1 N–H and O–H groups in total. The highest BCUT2D eigenvalue weighted by molar-refractivity contribution is 5.46. The summed E-state index contributed by atoms with van der Waals surface area (Å²) in [5.74, 6) is 1.32. The number of hydrogen-bond acceptors (Lipinski definition) is 3. The van der Waals surface area contributed by atoms with Crippen LogP contribution in [0.5, 0.6) is 11.5 Å². The third-order valence-electron chi connectivity index (χ3n) is 3.29. The highest BCUT2D eigenvalue weighted by Crippen LogP contribution is 2.31. The number of benzene rings is 2. The van der Waals surface area contributed by atoms with Crippen molar-refractivity contribution in [2.45, 2.75) is 26.4 Å². The molecule has 0 aliphatic rings. The second-order valence-electron chi connectivity index (χ2n) is 5.03. The van der Waals surface area contributed by atoms with Gasteiger partial charge < -0.3 is 14.8 Å². The van der Waals surface area contributed by atoms with Gasteiger partial charge in [-0.05, 0) is 30.2 Å². The largest absolute Gasteiger partial charge is 0.493 e. The first kappa shape index (κ1) is 16.3. The fraction of sp³-hybridized carbons (Fsp3) is 0.333. The lowest BCUT2D eigenvalue weighted by Gasteiger charge is -2.15. The van der Waals surface area contributed by atoms with E-state index in [0.717, 1.165) is 29.0 Å². The SMILES string of the molecule is CCCOc1c(CNCc2ccc(F)cc2)cccc1OC. The van der Waals surface area contributed by atoms with Crippen molar-refractivity contribution in [2.24, 2.45) is 0 Å². The van der Waals surface area contributed by atoms with Crippen molar-refractivity contribution in [1.29, 1.82) is 0 Å². The van der Waals surface area contributed by atoms with Gasteiger partial charge in [0.05, 0.1) is 13.7 Å². The molecule has 0 radical (unpaired) electrons. The van der Waals surface area contributed by atoms with Gasteiger partial charge in [-0.25, -0.2) is 4.39 Å². The Balaban J connectivity index is 2.00. The first-order valence-corrected chi connectivity index (χ1v) is 7.48. The molecule has 0 saturated heterocycles. The Bertz CT molecular complexity index is 584. The number of para-hydroxylation sites is 1. The quantitative estimate of drug-likeness (QED) is 0.802. The van der Waals surface area contributed by atoms with Gasteiger partial charge in [-0.3, -0.25) is 0 Å². The maximum atomic E-state index is 12.9. The van der Waals surface area contributed by atoms with Crippen LogP contribution >= 0.6 is 0 Å². The lowest BCUT2D eigenvalue weighted by molar-refractivity contribution is 0.290. The van der Waals surface area contributed by atoms with Gasteiger partial charge in [-0.2, -0.15) is 0 Å². The van der Waals surface area contributed by atoms with Crippen LogP contribution in [0.4, 0.5) is 4.39 Å². The molecule has 0 aromatic heterocycles. The Morgan fingerprint density at radius 3 is 2.50 bits per heavy atom. The number of methoxy groups -OCH3 is 1. The Hall–Kier alpha value is -2.07. The summed E-state index contributed by atoms with van der Waals surface area (Å²) in [4.78, 5) is 0. The number of rotatable bonds is 8. The first-order chi connectivity index (χ1) is 10.7. The third-order valence-corrected chi connectivity index (χ3v) is 3.29. The molecule has 118 valence electrons. The number of nitrogens with one attached hydrogen (secondary N) is 1. The first-order valence-electron chi connectivity index (χ1n) is 7.48. The molecule has 3 nitrogen and oxygen atoms in total. The average molecular weight is 303 g/mol. The van der Waals surface area contributed by atoms with E-state index in [9.17, 15) is 4.39 Å². The zero-order chi connectivity index (χ0) is 15.8. The van der Waals surface area contributed by atoms with Crippen molar-refractivity contribution < 1.29 is 13.9 Å². The smallest absolute Gasteiger partial charge is 0.165 e. The van der Waals surface area contributed by atoms with Crippen LogP contribution in [-0.2, 0) is 13.1 Å². The number of hydrogen-bond donors (Lipinski definition) is 1. The highest BCUT2D eigenvalue weighted by Gasteiger charge is 2.10. The predicted molar refractivity (Wildman–Crippen MR) is 85.7 cm³/mol. The Labute approximate surface area is 131 Å². The van der Waals surface area contributed by atoms with Gasteiger partial charge in [0.25, 0.3) is 0 Å². The van der Waals surface area contributed by atoms with E-state index in [-0.39, 0.29) is 5.82 Å². The zero-order valence-electron chi connectivity index (χ0n) is 13.1. The van der Waals surface area contributed by atoms with Crippen molar-refractivity contribution in [3.05, 3.63) is 59.4 Å². The van der Waals surface area contributed by atoms with Gasteiger partial charge in [0.2, 0.25) is 0 Å². The maximum absolute atomic E-state index is 12.9. The number of ether oxygens (including phenoxy) is 2. The van der Waals surface area contributed by atoms with Crippen LogP contribution in [0.2, 0.25) is 0 Å². The van der Waals surface area contributed by atoms with E-state index < -0.39 is 0 Å². The van der Waals surface area contributed by atoms with Crippen LogP contribution in [-0.4, -0.2) is 13.7 Å². The molecule has 22 heavy (non-hydrogen) atoms. The molecule has 0 fully saturated rings. The molecule has 0 atom stereocenters. The lowest BCUT2D eigenvalue weighted by Crippen LogP contribution is -2.14. The van der Waals surface area contributed by atoms with E-state index in [2.05, 4.69) is 12.2 Å². The lowest BCUT2D eigenvalue weighted by atomic mass is 10.1. The van der Waals surface area contributed by atoms with E-state index >= 15 is 0 Å². The topological polar surface area (TPSA) is 30.5 Å². The van der Waals surface area contributed by atoms with Crippen molar-refractivity contribution >= 4 is 0 Å². The van der Waals surface area contributed by atoms with E-state index in [1.165, 1.54) is 12.1 Å². The molecule has 0 unspecified atom stereocenters. The van der Waals surface area contributed by atoms with Gasteiger partial charge in [0.1, 0.15) is 5.82 Å². The molecule has 0 bridgehead atoms. The van der Waals surface area contributed by atoms with Crippen molar-refractivity contribution in [3.63, 3.8) is 0 Å². The third kappa shape index (κ3) is 4.46. The van der Waals surface area contributed by atoms with E-state index in [4.69, 9.17) is 9.47 Å². The molecule has 2 aromatic rings. The minimum absolute atomic E-state index is 0.216. The van der Waals surface area contributed by atoms with Crippen molar-refractivity contribution in [1.82, 2.24) is 5.32 Å². The van der Waals surface area contributed by atoms with Gasteiger partial charge in [0, 0.05) is 18.7 Å². The molecule has 0 spiro atoms. The normalized spacial score (nSPS) is 10.5. The molecule has 2 aromatic carbocycles. The maximum Gasteiger partial charge on any atom is 0.165 e. The van der Waals surface area contributed by atoms with Crippen LogP contribution < -0.4 is 14.8 Å². The summed E-state index contributed by atoms with van der Waals surface area (Å²) in [7, 11) is 1.64. The molecule has 0 saturated carbocycles. The monoisotopic (exact) mass is 303 g/mol. The number of halogens is 1. The molecule has 2 rings (SSSR count). The Morgan fingerprint density at radius 1 is 1.05 bits per heavy atom.